The van der Waals surface area contributed by atoms with Crippen molar-refractivity contribution in [2.24, 2.45) is 0 Å². The molecule has 0 atom stereocenters. The van der Waals surface area contributed by atoms with Crippen LogP contribution in [0.15, 0.2) is 42.5 Å². The van der Waals surface area contributed by atoms with Gasteiger partial charge in [0.25, 0.3) is 5.91 Å². The van der Waals surface area contributed by atoms with Gasteiger partial charge in [-0.15, -0.1) is 12.4 Å². The number of carbonyl (C=O) groups is 1. The molecule has 3 aromatic rings. The molecule has 1 aliphatic rings. The summed E-state index contributed by atoms with van der Waals surface area (Å²) in [4.78, 5) is 22.2. The average Bonchev–Trinajstić information content (AvgIpc) is 3.17. The maximum Gasteiger partial charge on any atom is 0.289 e. The predicted molar refractivity (Wildman–Crippen MR) is 122 cm³/mol. The molecule has 6 nitrogen and oxygen atoms in total. The van der Waals surface area contributed by atoms with E-state index >= 15 is 0 Å². The lowest BCUT2D eigenvalue weighted by Crippen LogP contribution is -2.46. The van der Waals surface area contributed by atoms with Gasteiger partial charge >= 0.3 is 0 Å². The highest BCUT2D eigenvalue weighted by Crippen LogP contribution is 2.17. The number of H-pyrrole nitrogens is 1. The maximum absolute atomic E-state index is 12.6. The van der Waals surface area contributed by atoms with Crippen molar-refractivity contribution >= 4 is 29.3 Å². The SMILES string of the molecule is Cc1cccc(OCCCCc2ccc3nc(C(=O)N4CCNCC4)[nH]c3c2)c1.Cl. The first-order chi connectivity index (χ1) is 14.2. The Kier molecular flexibility index (Phi) is 7.71. The number of rotatable bonds is 7. The van der Waals surface area contributed by atoms with Crippen LogP contribution in [-0.2, 0) is 6.42 Å². The van der Waals surface area contributed by atoms with Gasteiger partial charge in [-0.1, -0.05) is 18.2 Å². The zero-order valence-corrected chi connectivity index (χ0v) is 18.1. The Morgan fingerprint density at radius 1 is 1.13 bits per heavy atom. The minimum Gasteiger partial charge on any atom is -0.494 e. The molecule has 30 heavy (non-hydrogen) atoms. The van der Waals surface area contributed by atoms with Crippen molar-refractivity contribution in [1.29, 1.82) is 0 Å². The highest BCUT2D eigenvalue weighted by molar-refractivity contribution is 5.94. The molecule has 1 amide bonds. The molecule has 0 saturated carbocycles. The summed E-state index contributed by atoms with van der Waals surface area (Å²) in [5.74, 6) is 1.36. The molecule has 0 aliphatic carbocycles. The number of hydrogen-bond donors (Lipinski definition) is 2. The van der Waals surface area contributed by atoms with Crippen LogP contribution in [-0.4, -0.2) is 53.6 Å². The van der Waals surface area contributed by atoms with Crippen LogP contribution in [0.1, 0.15) is 34.6 Å². The van der Waals surface area contributed by atoms with E-state index in [0.29, 0.717) is 5.82 Å². The molecule has 1 saturated heterocycles. The fourth-order valence-corrected chi connectivity index (χ4v) is 3.66. The number of aryl methyl sites for hydroxylation is 2. The van der Waals surface area contributed by atoms with Crippen molar-refractivity contribution in [1.82, 2.24) is 20.2 Å². The van der Waals surface area contributed by atoms with E-state index in [2.05, 4.69) is 46.5 Å². The lowest BCUT2D eigenvalue weighted by Gasteiger charge is -2.26. The van der Waals surface area contributed by atoms with Gasteiger partial charge in [0.05, 0.1) is 17.6 Å². The van der Waals surface area contributed by atoms with E-state index in [-0.39, 0.29) is 18.3 Å². The molecule has 2 aromatic carbocycles. The molecule has 7 heteroatoms. The van der Waals surface area contributed by atoms with E-state index in [9.17, 15) is 4.79 Å². The Morgan fingerprint density at radius 2 is 1.97 bits per heavy atom. The number of imidazole rings is 1. The number of halogens is 1. The Hall–Kier alpha value is -2.57. The van der Waals surface area contributed by atoms with Crippen molar-refractivity contribution in [2.75, 3.05) is 32.8 Å². The van der Waals surface area contributed by atoms with Gasteiger partial charge < -0.3 is 19.9 Å². The predicted octanol–water partition coefficient (Wildman–Crippen LogP) is 3.74. The molecule has 1 aliphatic heterocycles. The molecule has 2 N–H and O–H groups in total. The Morgan fingerprint density at radius 3 is 2.77 bits per heavy atom. The molecule has 1 fully saturated rings. The molecule has 2 heterocycles. The average molecular weight is 429 g/mol. The highest BCUT2D eigenvalue weighted by Gasteiger charge is 2.20. The number of aromatic amines is 1. The second-order valence-corrected chi connectivity index (χ2v) is 7.60. The first-order valence-electron chi connectivity index (χ1n) is 10.4. The molecule has 0 unspecified atom stereocenters. The monoisotopic (exact) mass is 428 g/mol. The standard InChI is InChI=1S/C23H28N4O2.ClH/c1-17-5-4-7-19(15-17)29-14-3-2-6-18-8-9-20-21(16-18)26-22(25-20)23(28)27-12-10-24-11-13-27;/h4-5,7-9,15-16,24H,2-3,6,10-14H2,1H3,(H,25,26);1H. The third-order valence-electron chi connectivity index (χ3n) is 5.27. The Bertz CT molecular complexity index is 982. The Labute approximate surface area is 183 Å². The van der Waals surface area contributed by atoms with Gasteiger partial charge in [-0.3, -0.25) is 4.79 Å². The van der Waals surface area contributed by atoms with Gasteiger partial charge in [0.1, 0.15) is 5.75 Å². The van der Waals surface area contributed by atoms with Crippen LogP contribution in [0.2, 0.25) is 0 Å². The highest BCUT2D eigenvalue weighted by atomic mass is 35.5. The van der Waals surface area contributed by atoms with Crippen LogP contribution >= 0.6 is 12.4 Å². The fraction of sp³-hybridized carbons (Fsp3) is 0.391. The van der Waals surface area contributed by atoms with Crippen LogP contribution in [0, 0.1) is 6.92 Å². The number of amides is 1. The van der Waals surface area contributed by atoms with Gasteiger partial charge in [-0.2, -0.15) is 0 Å². The topological polar surface area (TPSA) is 70.2 Å². The Balaban J connectivity index is 0.00000256. The molecule has 0 spiro atoms. The number of unbranched alkanes of at least 4 members (excludes halogenated alkanes) is 1. The quantitative estimate of drug-likeness (QED) is 0.562. The fourth-order valence-electron chi connectivity index (χ4n) is 3.66. The van der Waals surface area contributed by atoms with Gasteiger partial charge in [0, 0.05) is 26.2 Å². The number of piperazine rings is 1. The van der Waals surface area contributed by atoms with E-state index < -0.39 is 0 Å². The van der Waals surface area contributed by atoms with Crippen molar-refractivity contribution in [3.05, 3.63) is 59.4 Å². The first kappa shape index (κ1) is 22.1. The van der Waals surface area contributed by atoms with Gasteiger partial charge in [0.2, 0.25) is 0 Å². The van der Waals surface area contributed by atoms with E-state index in [1.54, 1.807) is 0 Å². The largest absolute Gasteiger partial charge is 0.494 e. The maximum atomic E-state index is 12.6. The minimum absolute atomic E-state index is 0. The number of benzene rings is 2. The zero-order chi connectivity index (χ0) is 20.1. The second-order valence-electron chi connectivity index (χ2n) is 7.60. The van der Waals surface area contributed by atoms with Crippen molar-refractivity contribution in [3.8, 4) is 5.75 Å². The number of ether oxygens (including phenoxy) is 1. The summed E-state index contributed by atoms with van der Waals surface area (Å²) in [6, 6.07) is 14.4. The third-order valence-corrected chi connectivity index (χ3v) is 5.27. The summed E-state index contributed by atoms with van der Waals surface area (Å²) in [5, 5.41) is 3.26. The molecular formula is C23H29ClN4O2. The van der Waals surface area contributed by atoms with Crippen molar-refractivity contribution < 1.29 is 9.53 Å². The molecular weight excluding hydrogens is 400 g/mol. The molecule has 0 bridgehead atoms. The van der Waals surface area contributed by atoms with E-state index in [4.69, 9.17) is 4.74 Å². The molecule has 1 aromatic heterocycles. The van der Waals surface area contributed by atoms with Gasteiger partial charge in [-0.25, -0.2) is 4.98 Å². The van der Waals surface area contributed by atoms with Crippen LogP contribution in [0.25, 0.3) is 11.0 Å². The number of nitrogens with zero attached hydrogens (tertiary/aromatic N) is 2. The smallest absolute Gasteiger partial charge is 0.289 e. The van der Waals surface area contributed by atoms with Crippen LogP contribution in [0.3, 0.4) is 0 Å². The van der Waals surface area contributed by atoms with E-state index in [0.717, 1.165) is 68.8 Å². The van der Waals surface area contributed by atoms with E-state index in [1.165, 1.54) is 11.1 Å². The first-order valence-corrected chi connectivity index (χ1v) is 10.4. The number of nitrogens with one attached hydrogen (secondary N) is 2. The van der Waals surface area contributed by atoms with Crippen molar-refractivity contribution in [3.63, 3.8) is 0 Å². The summed E-state index contributed by atoms with van der Waals surface area (Å²) < 4.78 is 5.82. The van der Waals surface area contributed by atoms with Crippen molar-refractivity contribution in [2.45, 2.75) is 26.2 Å². The van der Waals surface area contributed by atoms with Gasteiger partial charge in [0.15, 0.2) is 5.82 Å². The number of aromatic nitrogens is 2. The summed E-state index contributed by atoms with van der Waals surface area (Å²) >= 11 is 0. The minimum atomic E-state index is -0.0162. The normalized spacial score (nSPS) is 13.8. The number of fused-ring (bicyclic) bond motifs is 1. The molecule has 0 radical (unpaired) electrons. The summed E-state index contributed by atoms with van der Waals surface area (Å²) in [5.41, 5.74) is 4.23. The zero-order valence-electron chi connectivity index (χ0n) is 17.3. The second kappa shape index (κ2) is 10.5. The van der Waals surface area contributed by atoms with E-state index in [1.807, 2.05) is 23.1 Å². The van der Waals surface area contributed by atoms with Gasteiger partial charge in [-0.05, 0) is 61.6 Å². The van der Waals surface area contributed by atoms with Crippen LogP contribution < -0.4 is 10.1 Å². The third kappa shape index (κ3) is 5.52. The lowest BCUT2D eigenvalue weighted by atomic mass is 10.1. The molecule has 4 rings (SSSR count). The van der Waals surface area contributed by atoms with Crippen LogP contribution in [0.5, 0.6) is 5.75 Å². The number of hydrogen-bond acceptors (Lipinski definition) is 4. The summed E-state index contributed by atoms with van der Waals surface area (Å²) in [6.45, 7) is 5.92. The summed E-state index contributed by atoms with van der Waals surface area (Å²) in [6.07, 6.45) is 3.03. The summed E-state index contributed by atoms with van der Waals surface area (Å²) in [7, 11) is 0. The van der Waals surface area contributed by atoms with Crippen LogP contribution in [0.4, 0.5) is 0 Å². The lowest BCUT2D eigenvalue weighted by molar-refractivity contribution is 0.0725. The molecule has 160 valence electrons. The number of carbonyl (C=O) groups excluding carboxylic acids is 1.